The number of carbonyl (C=O) groups is 2. The molecule has 20 heavy (non-hydrogen) atoms. The molecule has 0 rings (SSSR count). The molecule has 0 aromatic rings. The predicted octanol–water partition coefficient (Wildman–Crippen LogP) is 1.79. The highest BCUT2D eigenvalue weighted by Crippen LogP contribution is 2.13. The zero-order chi connectivity index (χ0) is 15.4. The molecule has 0 saturated heterocycles. The molecule has 112 valence electrons. The molecule has 0 amide bonds. The number of carbonyl (C=O) groups excluding carboxylic acids is 2. The van der Waals surface area contributed by atoms with Crippen LogP contribution in [-0.2, 0) is 9.59 Å². The van der Waals surface area contributed by atoms with E-state index in [-0.39, 0.29) is 11.6 Å². The van der Waals surface area contributed by atoms with Crippen LogP contribution < -0.4 is 10.6 Å². The molecule has 0 aromatic heterocycles. The van der Waals surface area contributed by atoms with E-state index >= 15 is 0 Å². The molecule has 4 heteroatoms. The molecule has 0 bridgehead atoms. The molecule has 0 aromatic carbocycles. The highest BCUT2D eigenvalue weighted by atomic mass is 16.2. The summed E-state index contributed by atoms with van der Waals surface area (Å²) < 4.78 is 0. The minimum Gasteiger partial charge on any atom is -0.313 e. The third-order valence-electron chi connectivity index (χ3n) is 2.86. The minimum atomic E-state index is -1.37. The fourth-order valence-electron chi connectivity index (χ4n) is 1.76. The van der Waals surface area contributed by atoms with E-state index in [2.05, 4.69) is 30.7 Å². The van der Waals surface area contributed by atoms with Crippen molar-refractivity contribution in [3.63, 3.8) is 0 Å². The van der Waals surface area contributed by atoms with Crippen LogP contribution in [0, 0.1) is 0 Å². The summed E-state index contributed by atoms with van der Waals surface area (Å²) >= 11 is 0. The maximum Gasteiger partial charge on any atom is 0.187 e. The van der Waals surface area contributed by atoms with E-state index in [1.807, 2.05) is 6.92 Å². The molecule has 0 heterocycles. The summed E-state index contributed by atoms with van der Waals surface area (Å²) in [5, 5.41) is 6.21. The topological polar surface area (TPSA) is 58.2 Å². The van der Waals surface area contributed by atoms with E-state index in [0.717, 1.165) is 19.4 Å². The van der Waals surface area contributed by atoms with Gasteiger partial charge >= 0.3 is 0 Å². The molecule has 0 aliphatic heterocycles. The lowest BCUT2D eigenvalue weighted by atomic mass is 9.87. The Hall–Kier alpha value is -1.52. The molecule has 0 unspecified atom stereocenters. The zero-order valence-corrected chi connectivity index (χ0v) is 12.6. The molecule has 0 fully saturated rings. The summed E-state index contributed by atoms with van der Waals surface area (Å²) in [6.07, 6.45) is 7.60. The van der Waals surface area contributed by atoms with Gasteiger partial charge in [-0.15, -0.1) is 0 Å². The van der Waals surface area contributed by atoms with Crippen LogP contribution in [0.1, 0.15) is 26.7 Å². The lowest BCUT2D eigenvalue weighted by Crippen LogP contribution is -2.56. The first kappa shape index (κ1) is 18.5. The van der Waals surface area contributed by atoms with Crippen molar-refractivity contribution in [1.29, 1.82) is 0 Å². The highest BCUT2D eigenvalue weighted by Gasteiger charge is 2.39. The third kappa shape index (κ3) is 5.23. The number of hydrogen-bond donors (Lipinski definition) is 2. The molecule has 4 nitrogen and oxygen atoms in total. The van der Waals surface area contributed by atoms with Gasteiger partial charge in [-0.1, -0.05) is 39.2 Å². The fourth-order valence-corrected chi connectivity index (χ4v) is 1.76. The second-order valence-electron chi connectivity index (χ2n) is 4.48. The summed E-state index contributed by atoms with van der Waals surface area (Å²) in [4.78, 5) is 24.3. The standard InChI is InChI=1S/C16H26N2O2/c1-5-11-17-13-9-10-16(14(19)7-3,15(20)8-4)18-12-6-2/h7-10,17-18H,3-6,11-13H2,1-2H3. The fraction of sp³-hybridized carbons (Fsp3) is 0.500. The van der Waals surface area contributed by atoms with Crippen LogP contribution in [0.4, 0.5) is 0 Å². The van der Waals surface area contributed by atoms with Gasteiger partial charge in [-0.3, -0.25) is 14.9 Å². The van der Waals surface area contributed by atoms with Crippen LogP contribution in [0.25, 0.3) is 0 Å². The average molecular weight is 278 g/mol. The van der Waals surface area contributed by atoms with E-state index in [4.69, 9.17) is 0 Å². The van der Waals surface area contributed by atoms with Gasteiger partial charge in [-0.05, 0) is 38.1 Å². The smallest absolute Gasteiger partial charge is 0.187 e. The van der Waals surface area contributed by atoms with E-state index < -0.39 is 5.54 Å². The number of rotatable bonds is 12. The Bertz CT molecular complexity index is 353. The van der Waals surface area contributed by atoms with Crippen LogP contribution in [0.15, 0.2) is 37.5 Å². The molecule has 2 N–H and O–H groups in total. The van der Waals surface area contributed by atoms with E-state index in [1.165, 1.54) is 12.2 Å². The molecule has 0 aliphatic rings. The van der Waals surface area contributed by atoms with Gasteiger partial charge in [-0.2, -0.15) is 0 Å². The van der Waals surface area contributed by atoms with Gasteiger partial charge in [-0.25, -0.2) is 0 Å². The first-order valence-electron chi connectivity index (χ1n) is 7.06. The molecular weight excluding hydrogens is 252 g/mol. The number of nitrogens with one attached hydrogen (secondary N) is 2. The number of ketones is 2. The maximum atomic E-state index is 12.1. The molecule has 0 radical (unpaired) electrons. The van der Waals surface area contributed by atoms with E-state index in [1.54, 1.807) is 12.2 Å². The van der Waals surface area contributed by atoms with Crippen molar-refractivity contribution in [3.05, 3.63) is 37.5 Å². The molecule has 0 aliphatic carbocycles. The van der Waals surface area contributed by atoms with Crippen LogP contribution >= 0.6 is 0 Å². The first-order valence-corrected chi connectivity index (χ1v) is 7.06. The number of hydrogen-bond acceptors (Lipinski definition) is 4. The average Bonchev–Trinajstić information content (AvgIpc) is 2.48. The summed E-state index contributed by atoms with van der Waals surface area (Å²) in [7, 11) is 0. The Morgan fingerprint density at radius 3 is 2.05 bits per heavy atom. The normalized spacial score (nSPS) is 11.5. The van der Waals surface area contributed by atoms with Gasteiger partial charge in [0, 0.05) is 6.54 Å². The summed E-state index contributed by atoms with van der Waals surface area (Å²) in [5.74, 6) is -0.717. The third-order valence-corrected chi connectivity index (χ3v) is 2.86. The monoisotopic (exact) mass is 278 g/mol. The Balaban J connectivity index is 5.16. The van der Waals surface area contributed by atoms with Gasteiger partial charge < -0.3 is 5.32 Å². The van der Waals surface area contributed by atoms with E-state index in [9.17, 15) is 9.59 Å². The summed E-state index contributed by atoms with van der Waals surface area (Å²) in [6.45, 7) is 13.1. The first-order chi connectivity index (χ1) is 9.58. The van der Waals surface area contributed by atoms with Crippen molar-refractivity contribution in [2.24, 2.45) is 0 Å². The Kier molecular flexibility index (Phi) is 9.51. The van der Waals surface area contributed by atoms with Gasteiger partial charge in [0.2, 0.25) is 0 Å². The van der Waals surface area contributed by atoms with Crippen molar-refractivity contribution >= 4 is 11.6 Å². The second kappa shape index (κ2) is 10.3. The van der Waals surface area contributed by atoms with Crippen LogP contribution in [0.2, 0.25) is 0 Å². The minimum absolute atomic E-state index is 0.359. The van der Waals surface area contributed by atoms with Crippen molar-refractivity contribution in [3.8, 4) is 0 Å². The Morgan fingerprint density at radius 1 is 1.05 bits per heavy atom. The zero-order valence-electron chi connectivity index (χ0n) is 12.6. The second-order valence-corrected chi connectivity index (χ2v) is 4.48. The largest absolute Gasteiger partial charge is 0.313 e. The van der Waals surface area contributed by atoms with Crippen molar-refractivity contribution in [1.82, 2.24) is 10.6 Å². The van der Waals surface area contributed by atoms with Crippen molar-refractivity contribution in [2.75, 3.05) is 19.6 Å². The van der Waals surface area contributed by atoms with Gasteiger partial charge in [0.1, 0.15) is 0 Å². The Morgan fingerprint density at radius 2 is 1.60 bits per heavy atom. The van der Waals surface area contributed by atoms with Gasteiger partial charge in [0.05, 0.1) is 0 Å². The van der Waals surface area contributed by atoms with Gasteiger partial charge in [0.15, 0.2) is 17.1 Å². The Labute approximate surface area is 122 Å². The summed E-state index contributed by atoms with van der Waals surface area (Å²) in [5.41, 5.74) is -1.37. The molecule has 0 spiro atoms. The van der Waals surface area contributed by atoms with E-state index in [0.29, 0.717) is 13.1 Å². The lowest BCUT2D eigenvalue weighted by molar-refractivity contribution is -0.128. The van der Waals surface area contributed by atoms with Crippen LogP contribution in [-0.4, -0.2) is 36.7 Å². The molecule has 0 saturated carbocycles. The predicted molar refractivity (Wildman–Crippen MR) is 83.7 cm³/mol. The maximum absolute atomic E-state index is 12.1. The van der Waals surface area contributed by atoms with Crippen molar-refractivity contribution < 1.29 is 9.59 Å². The quantitative estimate of drug-likeness (QED) is 0.247. The summed E-state index contributed by atoms with van der Waals surface area (Å²) in [6, 6.07) is 0. The van der Waals surface area contributed by atoms with Gasteiger partial charge in [0.25, 0.3) is 0 Å². The molecular formula is C16H26N2O2. The lowest BCUT2D eigenvalue weighted by Gasteiger charge is -2.26. The molecule has 0 atom stereocenters. The van der Waals surface area contributed by atoms with Crippen LogP contribution in [0.5, 0.6) is 0 Å². The van der Waals surface area contributed by atoms with Crippen molar-refractivity contribution in [2.45, 2.75) is 32.2 Å². The van der Waals surface area contributed by atoms with Crippen LogP contribution in [0.3, 0.4) is 0 Å². The highest BCUT2D eigenvalue weighted by molar-refractivity contribution is 6.21. The SMILES string of the molecule is C=CC(=O)C(C=CCNCCC)(NCCC)C(=O)C=C.